The van der Waals surface area contributed by atoms with Gasteiger partial charge in [0, 0.05) is 38.5 Å². The zero-order valence-corrected chi connectivity index (χ0v) is 11.8. The van der Waals surface area contributed by atoms with Gasteiger partial charge >= 0.3 is 0 Å². The monoisotopic (exact) mass is 264 g/mol. The van der Waals surface area contributed by atoms with E-state index in [1.165, 1.54) is 6.26 Å². The molecule has 1 saturated heterocycles. The number of nitrogens with one attached hydrogen (secondary N) is 1. The second-order valence-electron chi connectivity index (χ2n) is 4.79. The van der Waals surface area contributed by atoms with E-state index < -0.39 is 9.84 Å². The Labute approximate surface area is 104 Å². The van der Waals surface area contributed by atoms with Gasteiger partial charge in [0.25, 0.3) is 0 Å². The molecule has 5 nitrogen and oxygen atoms in total. The van der Waals surface area contributed by atoms with E-state index in [1.54, 1.807) is 0 Å². The summed E-state index contributed by atoms with van der Waals surface area (Å²) in [6.07, 6.45) is 2.65. The lowest BCUT2D eigenvalue weighted by atomic mass is 10.1. The average molecular weight is 264 g/mol. The number of sulfone groups is 1. The molecule has 1 heterocycles. The summed E-state index contributed by atoms with van der Waals surface area (Å²) in [5.41, 5.74) is 0. The maximum absolute atomic E-state index is 10.9. The van der Waals surface area contributed by atoms with E-state index in [-0.39, 0.29) is 5.75 Å². The number of nitrogens with zero attached hydrogens (tertiary/aromatic N) is 1. The van der Waals surface area contributed by atoms with Gasteiger partial charge in [0.05, 0.1) is 11.9 Å². The highest BCUT2D eigenvalue weighted by Crippen LogP contribution is 2.17. The Kier molecular flexibility index (Phi) is 5.85. The maximum atomic E-state index is 10.9. The van der Waals surface area contributed by atoms with E-state index in [9.17, 15) is 8.42 Å². The summed E-state index contributed by atoms with van der Waals surface area (Å²) in [5.74, 6) is 0.208. The van der Waals surface area contributed by atoms with Crippen LogP contribution in [0.4, 0.5) is 0 Å². The number of likely N-dealkylation sites (N-methyl/N-ethyl adjacent to an activating group) is 1. The van der Waals surface area contributed by atoms with Crippen LogP contribution >= 0.6 is 0 Å². The van der Waals surface area contributed by atoms with Gasteiger partial charge in [-0.05, 0) is 20.4 Å². The van der Waals surface area contributed by atoms with Gasteiger partial charge in [-0.1, -0.05) is 0 Å². The van der Waals surface area contributed by atoms with Crippen LogP contribution in [-0.2, 0) is 14.6 Å². The van der Waals surface area contributed by atoms with E-state index in [2.05, 4.69) is 24.2 Å². The lowest BCUT2D eigenvalue weighted by Gasteiger charge is -2.26. The molecule has 6 heteroatoms. The predicted octanol–water partition coefficient (Wildman–Crippen LogP) is -0.270. The van der Waals surface area contributed by atoms with E-state index in [4.69, 9.17) is 4.74 Å². The molecule has 2 unspecified atom stereocenters. The second-order valence-corrected chi connectivity index (χ2v) is 7.05. The third-order valence-corrected chi connectivity index (χ3v) is 4.14. The summed E-state index contributed by atoms with van der Waals surface area (Å²) >= 11 is 0. The van der Waals surface area contributed by atoms with E-state index in [1.807, 2.05) is 0 Å². The number of rotatable bonds is 7. The third kappa shape index (κ3) is 5.81. The van der Waals surface area contributed by atoms with E-state index >= 15 is 0 Å². The van der Waals surface area contributed by atoms with Crippen LogP contribution in [0.15, 0.2) is 0 Å². The SMILES string of the molecule is CC1OCCC1N(C)CCNCCS(C)(=O)=O. The predicted molar refractivity (Wildman–Crippen MR) is 69.0 cm³/mol. The lowest BCUT2D eigenvalue weighted by molar-refractivity contribution is 0.0841. The summed E-state index contributed by atoms with van der Waals surface area (Å²) < 4.78 is 27.3. The Morgan fingerprint density at radius 3 is 2.65 bits per heavy atom. The molecule has 1 N–H and O–H groups in total. The summed E-state index contributed by atoms with van der Waals surface area (Å²) in [6.45, 7) is 5.21. The normalized spacial score (nSPS) is 25.6. The largest absolute Gasteiger partial charge is 0.377 e. The molecule has 0 aromatic carbocycles. The van der Waals surface area contributed by atoms with Gasteiger partial charge in [-0.15, -0.1) is 0 Å². The van der Waals surface area contributed by atoms with Crippen molar-refractivity contribution in [2.45, 2.75) is 25.5 Å². The van der Waals surface area contributed by atoms with Crippen molar-refractivity contribution in [2.24, 2.45) is 0 Å². The number of hydrogen-bond acceptors (Lipinski definition) is 5. The van der Waals surface area contributed by atoms with Crippen molar-refractivity contribution in [3.63, 3.8) is 0 Å². The molecule has 0 aromatic heterocycles. The van der Waals surface area contributed by atoms with Crippen LogP contribution in [-0.4, -0.2) is 70.8 Å². The molecule has 0 aromatic rings. The molecule has 2 atom stereocenters. The maximum Gasteiger partial charge on any atom is 0.148 e. The first-order chi connectivity index (χ1) is 7.90. The minimum atomic E-state index is -2.85. The van der Waals surface area contributed by atoms with Crippen molar-refractivity contribution in [1.82, 2.24) is 10.2 Å². The first-order valence-corrected chi connectivity index (χ1v) is 8.16. The summed E-state index contributed by atoms with van der Waals surface area (Å²) in [6, 6.07) is 0.492. The second kappa shape index (κ2) is 6.68. The molecule has 17 heavy (non-hydrogen) atoms. The first-order valence-electron chi connectivity index (χ1n) is 6.10. The highest BCUT2D eigenvalue weighted by atomic mass is 32.2. The minimum absolute atomic E-state index is 0.208. The molecule has 0 spiro atoms. The number of ether oxygens (including phenoxy) is 1. The molecule has 0 amide bonds. The summed E-state index contributed by atoms with van der Waals surface area (Å²) in [7, 11) is -0.754. The molecule has 1 rings (SSSR count). The van der Waals surface area contributed by atoms with Crippen LogP contribution in [0, 0.1) is 0 Å². The summed E-state index contributed by atoms with van der Waals surface area (Å²) in [5, 5.41) is 3.15. The minimum Gasteiger partial charge on any atom is -0.377 e. The lowest BCUT2D eigenvalue weighted by Crippen LogP contribution is -2.41. The Balaban J connectivity index is 2.10. The average Bonchev–Trinajstić information content (AvgIpc) is 2.62. The van der Waals surface area contributed by atoms with Crippen LogP contribution in [0.2, 0.25) is 0 Å². The van der Waals surface area contributed by atoms with Gasteiger partial charge in [0.15, 0.2) is 0 Å². The molecule has 1 fully saturated rings. The van der Waals surface area contributed by atoms with Crippen LogP contribution in [0.1, 0.15) is 13.3 Å². The van der Waals surface area contributed by atoms with Crippen LogP contribution in [0.3, 0.4) is 0 Å². The third-order valence-electron chi connectivity index (χ3n) is 3.19. The van der Waals surface area contributed by atoms with Crippen LogP contribution in [0.5, 0.6) is 0 Å². The van der Waals surface area contributed by atoms with Gasteiger partial charge < -0.3 is 10.1 Å². The molecule has 1 aliphatic heterocycles. The Morgan fingerprint density at radius 1 is 1.41 bits per heavy atom. The van der Waals surface area contributed by atoms with Gasteiger partial charge in [-0.3, -0.25) is 4.90 Å². The molecular weight excluding hydrogens is 240 g/mol. The van der Waals surface area contributed by atoms with Gasteiger partial charge in [-0.2, -0.15) is 0 Å². The fourth-order valence-corrected chi connectivity index (χ4v) is 2.62. The van der Waals surface area contributed by atoms with Crippen molar-refractivity contribution in [1.29, 1.82) is 0 Å². The van der Waals surface area contributed by atoms with Crippen molar-refractivity contribution in [3.05, 3.63) is 0 Å². The fourth-order valence-electron chi connectivity index (χ4n) is 2.10. The van der Waals surface area contributed by atoms with Crippen molar-refractivity contribution in [2.75, 3.05) is 45.3 Å². The number of hydrogen-bond donors (Lipinski definition) is 1. The highest BCUT2D eigenvalue weighted by molar-refractivity contribution is 7.90. The fraction of sp³-hybridized carbons (Fsp3) is 1.00. The Morgan fingerprint density at radius 2 is 2.12 bits per heavy atom. The van der Waals surface area contributed by atoms with Crippen molar-refractivity contribution < 1.29 is 13.2 Å². The molecule has 0 bridgehead atoms. The molecule has 102 valence electrons. The van der Waals surface area contributed by atoms with Crippen LogP contribution < -0.4 is 5.32 Å². The van der Waals surface area contributed by atoms with Gasteiger partial charge in [0.1, 0.15) is 9.84 Å². The van der Waals surface area contributed by atoms with Crippen LogP contribution in [0.25, 0.3) is 0 Å². The standard InChI is InChI=1S/C11H24N2O3S/c1-10-11(4-8-16-10)13(2)7-5-12-6-9-17(3,14)15/h10-12H,4-9H2,1-3H3. The zero-order valence-electron chi connectivity index (χ0n) is 11.0. The quantitative estimate of drug-likeness (QED) is 0.642. The zero-order chi connectivity index (χ0) is 12.9. The first kappa shape index (κ1) is 14.9. The molecule has 0 saturated carbocycles. The van der Waals surface area contributed by atoms with Gasteiger partial charge in [-0.25, -0.2) is 8.42 Å². The van der Waals surface area contributed by atoms with Gasteiger partial charge in [0.2, 0.25) is 0 Å². The Hall–Kier alpha value is -0.170. The summed E-state index contributed by atoms with van der Waals surface area (Å²) in [4.78, 5) is 2.28. The molecule has 1 aliphatic rings. The van der Waals surface area contributed by atoms with E-state index in [0.717, 1.165) is 26.1 Å². The van der Waals surface area contributed by atoms with E-state index in [0.29, 0.717) is 18.7 Å². The van der Waals surface area contributed by atoms with Crippen molar-refractivity contribution in [3.8, 4) is 0 Å². The molecule has 0 radical (unpaired) electrons. The van der Waals surface area contributed by atoms with Crippen molar-refractivity contribution >= 4 is 9.84 Å². The smallest absolute Gasteiger partial charge is 0.148 e. The topological polar surface area (TPSA) is 58.6 Å². The molecule has 0 aliphatic carbocycles. The highest BCUT2D eigenvalue weighted by Gasteiger charge is 2.27. The Bertz CT molecular complexity index is 319. The molecular formula is C11H24N2O3S.